The highest BCUT2D eigenvalue weighted by Gasteiger charge is 2.30. The lowest BCUT2D eigenvalue weighted by atomic mass is 10.1. The predicted octanol–water partition coefficient (Wildman–Crippen LogP) is 3.76. The largest absolute Gasteiger partial charge is 0.401 e. The van der Waals surface area contributed by atoms with Crippen LogP contribution in [0.4, 0.5) is 13.2 Å². The molecule has 108 valence electrons. The van der Waals surface area contributed by atoms with Gasteiger partial charge in [-0.05, 0) is 30.7 Å². The van der Waals surface area contributed by atoms with Gasteiger partial charge >= 0.3 is 6.18 Å². The Kier molecular flexibility index (Phi) is 6.29. The Morgan fingerprint density at radius 1 is 1.26 bits per heavy atom. The summed E-state index contributed by atoms with van der Waals surface area (Å²) in [6, 6.07) is 7.11. The van der Waals surface area contributed by atoms with Crippen LogP contribution in [-0.2, 0) is 0 Å². The molecule has 0 radical (unpaired) electrons. The molecule has 1 atom stereocenters. The first-order chi connectivity index (χ1) is 8.81. The van der Waals surface area contributed by atoms with Gasteiger partial charge in [0.25, 0.3) is 0 Å². The SMILES string of the molecule is CCN(CCC(O)c1ccc(Br)cc1)CC(F)(F)F. The highest BCUT2D eigenvalue weighted by atomic mass is 79.9. The van der Waals surface area contributed by atoms with Crippen molar-refractivity contribution < 1.29 is 18.3 Å². The molecule has 1 aromatic rings. The molecule has 0 heterocycles. The van der Waals surface area contributed by atoms with Gasteiger partial charge in [-0.15, -0.1) is 0 Å². The molecule has 1 N–H and O–H groups in total. The molecule has 0 amide bonds. The molecule has 1 aromatic carbocycles. The number of halogens is 4. The van der Waals surface area contributed by atoms with Gasteiger partial charge in [-0.1, -0.05) is 35.0 Å². The van der Waals surface area contributed by atoms with Gasteiger partial charge in [0.15, 0.2) is 0 Å². The fraction of sp³-hybridized carbons (Fsp3) is 0.538. The average molecular weight is 340 g/mol. The number of hydrogen-bond donors (Lipinski definition) is 1. The van der Waals surface area contributed by atoms with Crippen LogP contribution >= 0.6 is 15.9 Å². The predicted molar refractivity (Wildman–Crippen MR) is 71.9 cm³/mol. The quantitative estimate of drug-likeness (QED) is 0.853. The first-order valence-corrected chi connectivity index (χ1v) is 6.83. The Morgan fingerprint density at radius 3 is 2.32 bits per heavy atom. The normalized spacial score (nSPS) is 13.8. The van der Waals surface area contributed by atoms with Gasteiger partial charge in [0, 0.05) is 11.0 Å². The van der Waals surface area contributed by atoms with Crippen LogP contribution in [0.3, 0.4) is 0 Å². The maximum absolute atomic E-state index is 12.3. The van der Waals surface area contributed by atoms with Crippen LogP contribution in [0.15, 0.2) is 28.7 Å². The summed E-state index contributed by atoms with van der Waals surface area (Å²) in [7, 11) is 0. The smallest absolute Gasteiger partial charge is 0.388 e. The van der Waals surface area contributed by atoms with Crippen LogP contribution in [0.2, 0.25) is 0 Å². The zero-order chi connectivity index (χ0) is 14.5. The van der Waals surface area contributed by atoms with Crippen molar-refractivity contribution in [3.8, 4) is 0 Å². The number of hydrogen-bond acceptors (Lipinski definition) is 2. The van der Waals surface area contributed by atoms with Crippen LogP contribution in [0.5, 0.6) is 0 Å². The van der Waals surface area contributed by atoms with E-state index in [2.05, 4.69) is 15.9 Å². The van der Waals surface area contributed by atoms with E-state index < -0.39 is 18.8 Å². The fourth-order valence-electron chi connectivity index (χ4n) is 1.76. The molecular weight excluding hydrogens is 323 g/mol. The molecule has 0 spiro atoms. The lowest BCUT2D eigenvalue weighted by Crippen LogP contribution is -2.35. The molecule has 1 unspecified atom stereocenters. The van der Waals surface area contributed by atoms with E-state index in [0.29, 0.717) is 12.1 Å². The maximum atomic E-state index is 12.3. The number of nitrogens with zero attached hydrogens (tertiary/aromatic N) is 1. The van der Waals surface area contributed by atoms with Crippen molar-refractivity contribution in [2.45, 2.75) is 25.6 Å². The fourth-order valence-corrected chi connectivity index (χ4v) is 2.02. The minimum absolute atomic E-state index is 0.216. The van der Waals surface area contributed by atoms with E-state index in [1.54, 1.807) is 31.2 Å². The summed E-state index contributed by atoms with van der Waals surface area (Å²) in [5.41, 5.74) is 0.714. The first-order valence-electron chi connectivity index (χ1n) is 6.04. The van der Waals surface area contributed by atoms with Crippen molar-refractivity contribution in [1.82, 2.24) is 4.90 Å². The maximum Gasteiger partial charge on any atom is 0.401 e. The van der Waals surface area contributed by atoms with Gasteiger partial charge in [0.05, 0.1) is 12.6 Å². The van der Waals surface area contributed by atoms with E-state index in [9.17, 15) is 18.3 Å². The van der Waals surface area contributed by atoms with Crippen molar-refractivity contribution in [2.24, 2.45) is 0 Å². The second-order valence-electron chi connectivity index (χ2n) is 4.34. The zero-order valence-corrected chi connectivity index (χ0v) is 12.2. The molecule has 0 aliphatic heterocycles. The van der Waals surface area contributed by atoms with Crippen molar-refractivity contribution >= 4 is 15.9 Å². The van der Waals surface area contributed by atoms with Gasteiger partial charge in [0.2, 0.25) is 0 Å². The van der Waals surface area contributed by atoms with Gasteiger partial charge in [-0.2, -0.15) is 13.2 Å². The minimum atomic E-state index is -4.20. The number of alkyl halides is 3. The molecule has 0 bridgehead atoms. The molecule has 0 fully saturated rings. The summed E-state index contributed by atoms with van der Waals surface area (Å²) in [6.45, 7) is 1.27. The Bertz CT molecular complexity index is 380. The molecule has 0 aliphatic carbocycles. The monoisotopic (exact) mass is 339 g/mol. The molecule has 2 nitrogen and oxygen atoms in total. The van der Waals surface area contributed by atoms with E-state index in [1.165, 1.54) is 4.90 Å². The molecule has 0 aromatic heterocycles. The minimum Gasteiger partial charge on any atom is -0.388 e. The molecule has 19 heavy (non-hydrogen) atoms. The van der Waals surface area contributed by atoms with Crippen LogP contribution in [0, 0.1) is 0 Å². The van der Waals surface area contributed by atoms with E-state index in [1.807, 2.05) is 0 Å². The van der Waals surface area contributed by atoms with Crippen molar-refractivity contribution in [1.29, 1.82) is 0 Å². The standard InChI is InChI=1S/C13H17BrF3NO/c1-2-18(9-13(15,16)17)8-7-12(19)10-3-5-11(14)6-4-10/h3-6,12,19H,2,7-9H2,1H3. The second kappa shape index (κ2) is 7.26. The lowest BCUT2D eigenvalue weighted by molar-refractivity contribution is -0.146. The zero-order valence-electron chi connectivity index (χ0n) is 10.6. The summed E-state index contributed by atoms with van der Waals surface area (Å²) in [4.78, 5) is 1.28. The molecule has 1 rings (SSSR count). The van der Waals surface area contributed by atoms with Gasteiger partial charge in [-0.3, -0.25) is 4.90 Å². The third-order valence-electron chi connectivity index (χ3n) is 2.82. The van der Waals surface area contributed by atoms with Crippen molar-refractivity contribution in [3.05, 3.63) is 34.3 Å². The highest BCUT2D eigenvalue weighted by Crippen LogP contribution is 2.21. The van der Waals surface area contributed by atoms with Crippen LogP contribution in [-0.4, -0.2) is 35.8 Å². The summed E-state index contributed by atoms with van der Waals surface area (Å²) < 4.78 is 37.7. The van der Waals surface area contributed by atoms with Gasteiger partial charge < -0.3 is 5.11 Å². The summed E-state index contributed by atoms with van der Waals surface area (Å²) in [6.07, 6.45) is -4.65. The van der Waals surface area contributed by atoms with Crippen LogP contribution < -0.4 is 0 Å². The molecular formula is C13H17BrF3NO. The molecule has 0 saturated heterocycles. The van der Waals surface area contributed by atoms with E-state index in [-0.39, 0.29) is 13.0 Å². The Balaban J connectivity index is 2.48. The molecule has 6 heteroatoms. The first kappa shape index (κ1) is 16.5. The van der Waals surface area contributed by atoms with Crippen LogP contribution in [0.1, 0.15) is 25.0 Å². The number of aliphatic hydroxyl groups excluding tert-OH is 1. The number of rotatable bonds is 6. The van der Waals surface area contributed by atoms with Gasteiger partial charge in [0.1, 0.15) is 0 Å². The molecule has 0 aliphatic rings. The summed E-state index contributed by atoms with van der Waals surface area (Å²) >= 11 is 3.29. The Labute approximate surface area is 119 Å². The van der Waals surface area contributed by atoms with Crippen molar-refractivity contribution in [2.75, 3.05) is 19.6 Å². The van der Waals surface area contributed by atoms with E-state index in [0.717, 1.165) is 4.47 Å². The highest BCUT2D eigenvalue weighted by molar-refractivity contribution is 9.10. The third-order valence-corrected chi connectivity index (χ3v) is 3.35. The third kappa shape index (κ3) is 6.40. The number of aliphatic hydroxyl groups is 1. The number of benzene rings is 1. The Morgan fingerprint density at radius 2 is 1.84 bits per heavy atom. The Hall–Kier alpha value is -0.590. The second-order valence-corrected chi connectivity index (χ2v) is 5.26. The van der Waals surface area contributed by atoms with Crippen LogP contribution in [0.25, 0.3) is 0 Å². The van der Waals surface area contributed by atoms with E-state index >= 15 is 0 Å². The summed E-state index contributed by atoms with van der Waals surface area (Å²) in [5.74, 6) is 0. The topological polar surface area (TPSA) is 23.5 Å². The van der Waals surface area contributed by atoms with E-state index in [4.69, 9.17) is 0 Å². The van der Waals surface area contributed by atoms with Crippen molar-refractivity contribution in [3.63, 3.8) is 0 Å². The lowest BCUT2D eigenvalue weighted by Gasteiger charge is -2.23. The average Bonchev–Trinajstić information content (AvgIpc) is 2.33. The van der Waals surface area contributed by atoms with Gasteiger partial charge in [-0.25, -0.2) is 0 Å². The molecule has 0 saturated carbocycles. The summed E-state index contributed by atoms with van der Waals surface area (Å²) in [5, 5.41) is 9.93.